The molecule has 1 atom stereocenters. The van der Waals surface area contributed by atoms with Gasteiger partial charge in [-0.3, -0.25) is 9.59 Å². The van der Waals surface area contributed by atoms with E-state index in [4.69, 9.17) is 0 Å². The first-order valence-corrected chi connectivity index (χ1v) is 7.49. The average Bonchev–Trinajstić information content (AvgIpc) is 2.55. The third-order valence-electron chi connectivity index (χ3n) is 3.78. The Balaban J connectivity index is 2.40. The highest BCUT2D eigenvalue weighted by molar-refractivity contribution is 5.99. The largest absolute Gasteiger partial charge is 0.507 e. The van der Waals surface area contributed by atoms with Gasteiger partial charge in [0.15, 0.2) is 5.78 Å². The van der Waals surface area contributed by atoms with Crippen molar-refractivity contribution in [3.05, 3.63) is 53.6 Å². The molecular formula is C19H20O3. The molecule has 3 heteroatoms. The van der Waals surface area contributed by atoms with Gasteiger partial charge in [0.1, 0.15) is 12.0 Å². The SMILES string of the molecule is CCCC(C)C(=O)c1cccc(-c2cc(C=O)ccc2O)c1. The molecule has 2 rings (SSSR count). The molecule has 0 bridgehead atoms. The lowest BCUT2D eigenvalue weighted by atomic mass is 9.93. The van der Waals surface area contributed by atoms with Crippen molar-refractivity contribution in [1.29, 1.82) is 0 Å². The molecule has 1 unspecified atom stereocenters. The molecule has 2 aromatic rings. The number of benzene rings is 2. The zero-order valence-electron chi connectivity index (χ0n) is 12.9. The number of aromatic hydroxyl groups is 1. The third-order valence-corrected chi connectivity index (χ3v) is 3.78. The Bertz CT molecular complexity index is 689. The first-order valence-electron chi connectivity index (χ1n) is 7.49. The first kappa shape index (κ1) is 16.0. The maximum absolute atomic E-state index is 12.4. The summed E-state index contributed by atoms with van der Waals surface area (Å²) in [5.74, 6) is 0.182. The van der Waals surface area contributed by atoms with Crippen LogP contribution < -0.4 is 0 Å². The van der Waals surface area contributed by atoms with Crippen LogP contribution in [0.2, 0.25) is 0 Å². The van der Waals surface area contributed by atoms with E-state index in [-0.39, 0.29) is 17.5 Å². The molecule has 0 aliphatic carbocycles. The first-order chi connectivity index (χ1) is 10.6. The second-order valence-electron chi connectivity index (χ2n) is 5.53. The summed E-state index contributed by atoms with van der Waals surface area (Å²) in [6, 6.07) is 11.9. The zero-order valence-corrected chi connectivity index (χ0v) is 12.9. The molecule has 0 aliphatic rings. The Morgan fingerprint density at radius 1 is 1.23 bits per heavy atom. The Hall–Kier alpha value is -2.42. The highest BCUT2D eigenvalue weighted by Gasteiger charge is 2.15. The highest BCUT2D eigenvalue weighted by Crippen LogP contribution is 2.30. The Morgan fingerprint density at radius 2 is 2.00 bits per heavy atom. The van der Waals surface area contributed by atoms with Crippen molar-refractivity contribution in [2.45, 2.75) is 26.7 Å². The predicted octanol–water partition coefficient (Wildman–Crippen LogP) is 4.49. The molecule has 22 heavy (non-hydrogen) atoms. The van der Waals surface area contributed by atoms with Gasteiger partial charge in [-0.15, -0.1) is 0 Å². The number of carbonyl (C=O) groups is 2. The summed E-state index contributed by atoms with van der Waals surface area (Å²) in [7, 11) is 0. The molecule has 0 saturated heterocycles. The number of hydrogen-bond acceptors (Lipinski definition) is 3. The minimum absolute atomic E-state index is 0.0184. The van der Waals surface area contributed by atoms with Crippen LogP contribution in [-0.4, -0.2) is 17.2 Å². The van der Waals surface area contributed by atoms with Crippen molar-refractivity contribution in [2.24, 2.45) is 5.92 Å². The molecule has 0 fully saturated rings. The van der Waals surface area contributed by atoms with Crippen LogP contribution in [0, 0.1) is 5.92 Å². The molecule has 1 N–H and O–H groups in total. The fraction of sp³-hybridized carbons (Fsp3) is 0.263. The van der Waals surface area contributed by atoms with Gasteiger partial charge in [0.25, 0.3) is 0 Å². The lowest BCUT2D eigenvalue weighted by Crippen LogP contribution is -2.10. The van der Waals surface area contributed by atoms with E-state index >= 15 is 0 Å². The lowest BCUT2D eigenvalue weighted by molar-refractivity contribution is 0.0923. The van der Waals surface area contributed by atoms with Crippen LogP contribution in [-0.2, 0) is 0 Å². The minimum atomic E-state index is -0.0184. The predicted molar refractivity (Wildman–Crippen MR) is 87.3 cm³/mol. The number of carbonyl (C=O) groups excluding carboxylic acids is 2. The smallest absolute Gasteiger partial charge is 0.165 e. The summed E-state index contributed by atoms with van der Waals surface area (Å²) < 4.78 is 0. The van der Waals surface area contributed by atoms with Crippen molar-refractivity contribution in [3.63, 3.8) is 0 Å². The summed E-state index contributed by atoms with van der Waals surface area (Å²) >= 11 is 0. The van der Waals surface area contributed by atoms with Gasteiger partial charge in [-0.2, -0.15) is 0 Å². The summed E-state index contributed by atoms with van der Waals surface area (Å²) in [4.78, 5) is 23.3. The number of hydrogen-bond donors (Lipinski definition) is 1. The van der Waals surface area contributed by atoms with Crippen molar-refractivity contribution in [2.75, 3.05) is 0 Å². The standard InChI is InChI=1S/C19H20O3/c1-3-5-13(2)19(22)16-7-4-6-15(11-16)17-10-14(12-20)8-9-18(17)21/h4,6-13,21H,3,5H2,1-2H3. The van der Waals surface area contributed by atoms with Crippen LogP contribution in [0.4, 0.5) is 0 Å². The normalized spacial score (nSPS) is 11.9. The van der Waals surface area contributed by atoms with E-state index in [0.717, 1.165) is 24.7 Å². The summed E-state index contributed by atoms with van der Waals surface area (Å²) in [5.41, 5.74) is 2.41. The third kappa shape index (κ3) is 3.42. The molecule has 0 amide bonds. The van der Waals surface area contributed by atoms with E-state index in [2.05, 4.69) is 6.92 Å². The lowest BCUT2D eigenvalue weighted by Gasteiger charge is -2.11. The van der Waals surface area contributed by atoms with E-state index in [1.54, 1.807) is 30.3 Å². The molecular weight excluding hydrogens is 276 g/mol. The number of aldehydes is 1. The summed E-state index contributed by atoms with van der Waals surface area (Å²) in [5, 5.41) is 10.0. The van der Waals surface area contributed by atoms with Crippen molar-refractivity contribution in [3.8, 4) is 16.9 Å². The number of ketones is 1. The minimum Gasteiger partial charge on any atom is -0.507 e. The van der Waals surface area contributed by atoms with Gasteiger partial charge in [-0.25, -0.2) is 0 Å². The molecule has 3 nitrogen and oxygen atoms in total. The molecule has 0 saturated carbocycles. The number of Topliss-reactive ketones (excluding diaryl/α,β-unsaturated/α-hetero) is 1. The summed E-state index contributed by atoms with van der Waals surface area (Å²) in [6.45, 7) is 3.99. The second kappa shape index (κ2) is 7.03. The van der Waals surface area contributed by atoms with Crippen LogP contribution in [0.3, 0.4) is 0 Å². The fourth-order valence-corrected chi connectivity index (χ4v) is 2.55. The fourth-order valence-electron chi connectivity index (χ4n) is 2.55. The quantitative estimate of drug-likeness (QED) is 0.631. The second-order valence-corrected chi connectivity index (χ2v) is 5.53. The van der Waals surface area contributed by atoms with Crippen molar-refractivity contribution >= 4 is 12.1 Å². The van der Waals surface area contributed by atoms with Gasteiger partial charge in [0.05, 0.1) is 0 Å². The average molecular weight is 296 g/mol. The molecule has 0 aliphatic heterocycles. The molecule has 2 aromatic carbocycles. The molecule has 0 radical (unpaired) electrons. The van der Waals surface area contributed by atoms with Crippen LogP contribution in [0.15, 0.2) is 42.5 Å². The Kier molecular flexibility index (Phi) is 5.10. The monoisotopic (exact) mass is 296 g/mol. The van der Waals surface area contributed by atoms with Crippen molar-refractivity contribution < 1.29 is 14.7 Å². The van der Waals surface area contributed by atoms with Gasteiger partial charge in [0.2, 0.25) is 0 Å². The summed E-state index contributed by atoms with van der Waals surface area (Å²) in [6.07, 6.45) is 2.56. The van der Waals surface area contributed by atoms with E-state index in [0.29, 0.717) is 16.7 Å². The zero-order chi connectivity index (χ0) is 16.1. The molecule has 0 aromatic heterocycles. The van der Waals surface area contributed by atoms with E-state index < -0.39 is 0 Å². The van der Waals surface area contributed by atoms with E-state index in [9.17, 15) is 14.7 Å². The van der Waals surface area contributed by atoms with Gasteiger partial charge in [0, 0.05) is 22.6 Å². The highest BCUT2D eigenvalue weighted by atomic mass is 16.3. The van der Waals surface area contributed by atoms with Crippen LogP contribution in [0.25, 0.3) is 11.1 Å². The topological polar surface area (TPSA) is 54.4 Å². The van der Waals surface area contributed by atoms with Crippen LogP contribution in [0.5, 0.6) is 5.75 Å². The van der Waals surface area contributed by atoms with Gasteiger partial charge in [-0.05, 0) is 36.2 Å². The molecule has 0 spiro atoms. The number of phenolic OH excluding ortho intramolecular Hbond substituents is 1. The Labute approximate surface area is 130 Å². The van der Waals surface area contributed by atoms with E-state index in [1.807, 2.05) is 13.0 Å². The van der Waals surface area contributed by atoms with Gasteiger partial charge < -0.3 is 5.11 Å². The maximum atomic E-state index is 12.4. The maximum Gasteiger partial charge on any atom is 0.165 e. The molecule has 114 valence electrons. The number of rotatable bonds is 6. The van der Waals surface area contributed by atoms with Gasteiger partial charge >= 0.3 is 0 Å². The van der Waals surface area contributed by atoms with Crippen LogP contribution in [0.1, 0.15) is 47.4 Å². The molecule has 0 heterocycles. The van der Waals surface area contributed by atoms with Crippen molar-refractivity contribution in [1.82, 2.24) is 0 Å². The number of phenols is 1. The Morgan fingerprint density at radius 3 is 2.68 bits per heavy atom. The van der Waals surface area contributed by atoms with Gasteiger partial charge in [-0.1, -0.05) is 38.5 Å². The van der Waals surface area contributed by atoms with E-state index in [1.165, 1.54) is 6.07 Å². The van der Waals surface area contributed by atoms with Crippen LogP contribution >= 0.6 is 0 Å².